The highest BCUT2D eigenvalue weighted by atomic mass is 16.5. The summed E-state index contributed by atoms with van der Waals surface area (Å²) in [5, 5.41) is 2.20. The monoisotopic (exact) mass is 283 g/mol. The lowest BCUT2D eigenvalue weighted by molar-refractivity contribution is -0.124. The van der Waals surface area contributed by atoms with Crippen LogP contribution in [0.3, 0.4) is 0 Å². The van der Waals surface area contributed by atoms with E-state index in [1.807, 2.05) is 0 Å². The highest BCUT2D eigenvalue weighted by Crippen LogP contribution is 2.28. The smallest absolute Gasteiger partial charge is 0.256 e. The van der Waals surface area contributed by atoms with Crippen LogP contribution in [-0.4, -0.2) is 51.5 Å². The molecule has 6 heteroatoms. The Morgan fingerprint density at radius 1 is 1.15 bits per heavy atom. The van der Waals surface area contributed by atoms with Crippen molar-refractivity contribution >= 4 is 11.8 Å². The van der Waals surface area contributed by atoms with E-state index in [4.69, 9.17) is 14.2 Å². The lowest BCUT2D eigenvalue weighted by atomic mass is 9.85. The summed E-state index contributed by atoms with van der Waals surface area (Å²) in [6, 6.07) is 0. The molecule has 0 bridgehead atoms. The molecule has 0 radical (unpaired) electrons. The Kier molecular flexibility index (Phi) is 5.28. The number of ether oxygens (including phenoxy) is 3. The van der Waals surface area contributed by atoms with Gasteiger partial charge in [0.1, 0.15) is 0 Å². The van der Waals surface area contributed by atoms with Gasteiger partial charge in [-0.1, -0.05) is 0 Å². The molecule has 2 amide bonds. The van der Waals surface area contributed by atoms with Crippen LogP contribution < -0.4 is 5.32 Å². The summed E-state index contributed by atoms with van der Waals surface area (Å²) >= 11 is 0. The first-order valence-electron chi connectivity index (χ1n) is 6.81. The van der Waals surface area contributed by atoms with Crippen molar-refractivity contribution in [3.8, 4) is 0 Å². The van der Waals surface area contributed by atoms with E-state index in [2.05, 4.69) is 5.32 Å². The second-order valence-electron chi connectivity index (χ2n) is 5.29. The third-order valence-corrected chi connectivity index (χ3v) is 3.83. The van der Waals surface area contributed by atoms with E-state index in [0.29, 0.717) is 18.1 Å². The largest absolute Gasteiger partial charge is 0.381 e. The molecule has 112 valence electrons. The molecule has 0 aromatic heterocycles. The summed E-state index contributed by atoms with van der Waals surface area (Å²) in [6.45, 7) is 0.710. The Bertz CT molecular complexity index is 394. The molecule has 1 saturated carbocycles. The standard InChI is InChI=1S/C14H21NO5/c1-18-11-3-9(4-12(6-11)19-2)7-20-8-10-5-13(16)15-14(10)17/h5,9,11-12H,3-4,6-8H2,1-2H3,(H,15,16,17)/t11-,12-/m0/s1. The maximum atomic E-state index is 11.3. The number of amides is 2. The van der Waals surface area contributed by atoms with Crippen molar-refractivity contribution in [1.29, 1.82) is 0 Å². The summed E-state index contributed by atoms with van der Waals surface area (Å²) in [5.74, 6) is -0.382. The number of carbonyl (C=O) groups is 2. The van der Waals surface area contributed by atoms with Gasteiger partial charge in [-0.3, -0.25) is 14.9 Å². The van der Waals surface area contributed by atoms with Crippen molar-refractivity contribution in [3.05, 3.63) is 11.6 Å². The maximum Gasteiger partial charge on any atom is 0.256 e. The van der Waals surface area contributed by atoms with Gasteiger partial charge in [0.25, 0.3) is 11.8 Å². The molecule has 1 heterocycles. The van der Waals surface area contributed by atoms with Gasteiger partial charge in [0.15, 0.2) is 0 Å². The van der Waals surface area contributed by atoms with Crippen molar-refractivity contribution in [2.24, 2.45) is 5.92 Å². The van der Waals surface area contributed by atoms with Crippen LogP contribution >= 0.6 is 0 Å². The molecule has 2 atom stereocenters. The fourth-order valence-electron chi connectivity index (χ4n) is 2.74. The average Bonchev–Trinajstić information content (AvgIpc) is 2.76. The van der Waals surface area contributed by atoms with Crippen LogP contribution in [0.2, 0.25) is 0 Å². The van der Waals surface area contributed by atoms with E-state index in [1.54, 1.807) is 14.2 Å². The van der Waals surface area contributed by atoms with E-state index in [1.165, 1.54) is 6.08 Å². The third kappa shape index (κ3) is 3.88. The second-order valence-corrected chi connectivity index (χ2v) is 5.29. The van der Waals surface area contributed by atoms with Crippen LogP contribution in [0.15, 0.2) is 11.6 Å². The molecule has 6 nitrogen and oxygen atoms in total. The fourth-order valence-corrected chi connectivity index (χ4v) is 2.74. The fraction of sp³-hybridized carbons (Fsp3) is 0.714. The Hall–Kier alpha value is -1.24. The topological polar surface area (TPSA) is 73.9 Å². The van der Waals surface area contributed by atoms with E-state index < -0.39 is 0 Å². The Labute approximate surface area is 118 Å². The van der Waals surface area contributed by atoms with Gasteiger partial charge in [0, 0.05) is 25.9 Å². The Balaban J connectivity index is 1.77. The first kappa shape index (κ1) is 15.2. The first-order chi connectivity index (χ1) is 9.62. The van der Waals surface area contributed by atoms with Crippen LogP contribution in [0.25, 0.3) is 0 Å². The second kappa shape index (κ2) is 6.97. The molecule has 20 heavy (non-hydrogen) atoms. The molecule has 1 fully saturated rings. The van der Waals surface area contributed by atoms with Gasteiger partial charge in [-0.25, -0.2) is 0 Å². The van der Waals surface area contributed by atoms with Gasteiger partial charge in [0.05, 0.1) is 25.4 Å². The van der Waals surface area contributed by atoms with Crippen molar-refractivity contribution in [2.75, 3.05) is 27.4 Å². The minimum atomic E-state index is -0.370. The van der Waals surface area contributed by atoms with E-state index in [9.17, 15) is 9.59 Å². The zero-order valence-electron chi connectivity index (χ0n) is 11.9. The van der Waals surface area contributed by atoms with E-state index in [-0.39, 0.29) is 30.6 Å². The van der Waals surface area contributed by atoms with Crippen molar-refractivity contribution < 1.29 is 23.8 Å². The number of hydrogen-bond acceptors (Lipinski definition) is 5. The van der Waals surface area contributed by atoms with Gasteiger partial charge in [-0.05, 0) is 25.2 Å². The van der Waals surface area contributed by atoms with Crippen molar-refractivity contribution in [3.63, 3.8) is 0 Å². The maximum absolute atomic E-state index is 11.3. The molecular formula is C14H21NO5. The minimum Gasteiger partial charge on any atom is -0.381 e. The highest BCUT2D eigenvalue weighted by molar-refractivity contribution is 6.16. The van der Waals surface area contributed by atoms with Gasteiger partial charge < -0.3 is 14.2 Å². The summed E-state index contributed by atoms with van der Waals surface area (Å²) < 4.78 is 16.4. The van der Waals surface area contributed by atoms with Crippen LogP contribution in [0.4, 0.5) is 0 Å². The molecule has 0 aromatic carbocycles. The minimum absolute atomic E-state index is 0.170. The lowest BCUT2D eigenvalue weighted by Gasteiger charge is -2.33. The molecule has 1 N–H and O–H groups in total. The summed E-state index contributed by atoms with van der Waals surface area (Å²) in [7, 11) is 3.42. The zero-order chi connectivity index (χ0) is 14.5. The molecule has 1 aliphatic carbocycles. The number of methoxy groups -OCH3 is 2. The number of nitrogens with one attached hydrogen (secondary N) is 1. The highest BCUT2D eigenvalue weighted by Gasteiger charge is 2.29. The van der Waals surface area contributed by atoms with Gasteiger partial charge >= 0.3 is 0 Å². The lowest BCUT2D eigenvalue weighted by Crippen LogP contribution is -2.34. The number of rotatable bonds is 6. The zero-order valence-corrected chi connectivity index (χ0v) is 11.9. The first-order valence-corrected chi connectivity index (χ1v) is 6.81. The molecule has 0 unspecified atom stereocenters. The van der Waals surface area contributed by atoms with Crippen LogP contribution in [0.5, 0.6) is 0 Å². The van der Waals surface area contributed by atoms with Crippen LogP contribution in [-0.2, 0) is 23.8 Å². The van der Waals surface area contributed by atoms with Gasteiger partial charge in [0.2, 0.25) is 0 Å². The van der Waals surface area contributed by atoms with Crippen molar-refractivity contribution in [2.45, 2.75) is 31.5 Å². The van der Waals surface area contributed by atoms with Crippen molar-refractivity contribution in [1.82, 2.24) is 5.32 Å². The quantitative estimate of drug-likeness (QED) is 0.715. The van der Waals surface area contributed by atoms with Crippen LogP contribution in [0, 0.1) is 5.92 Å². The molecular weight excluding hydrogens is 262 g/mol. The Morgan fingerprint density at radius 2 is 1.80 bits per heavy atom. The molecule has 2 aliphatic rings. The summed E-state index contributed by atoms with van der Waals surface area (Å²) in [4.78, 5) is 22.3. The van der Waals surface area contributed by atoms with Gasteiger partial charge in [-0.2, -0.15) is 0 Å². The predicted molar refractivity (Wildman–Crippen MR) is 71.0 cm³/mol. The average molecular weight is 283 g/mol. The normalized spacial score (nSPS) is 30.3. The Morgan fingerprint density at radius 3 is 2.30 bits per heavy atom. The summed E-state index contributed by atoms with van der Waals surface area (Å²) in [6.07, 6.45) is 4.45. The molecule has 0 spiro atoms. The summed E-state index contributed by atoms with van der Waals surface area (Å²) in [5.41, 5.74) is 0.386. The predicted octanol–water partition coefficient (Wildman–Crippen LogP) is 0.416. The number of hydrogen-bond donors (Lipinski definition) is 1. The SMILES string of the molecule is CO[C@H]1CC(COCC2=CC(=O)NC2=O)C[C@H](OC)C1. The van der Waals surface area contributed by atoms with E-state index >= 15 is 0 Å². The van der Waals surface area contributed by atoms with E-state index in [0.717, 1.165) is 19.3 Å². The third-order valence-electron chi connectivity index (χ3n) is 3.83. The molecule has 0 saturated heterocycles. The molecule has 0 aromatic rings. The number of imide groups is 1. The number of carbonyl (C=O) groups excluding carboxylic acids is 2. The van der Waals surface area contributed by atoms with Gasteiger partial charge in [-0.15, -0.1) is 0 Å². The van der Waals surface area contributed by atoms with Crippen LogP contribution in [0.1, 0.15) is 19.3 Å². The molecule has 2 rings (SSSR count). The molecule has 1 aliphatic heterocycles.